The molecule has 0 bridgehead atoms. The first-order valence-corrected chi connectivity index (χ1v) is 5.29. The smallest absolute Gasteiger partial charge is 0.419 e. The number of nitrogens with one attached hydrogen (secondary N) is 1. The van der Waals surface area contributed by atoms with Gasteiger partial charge >= 0.3 is 18.2 Å². The van der Waals surface area contributed by atoms with Crippen molar-refractivity contribution in [1.82, 2.24) is 5.32 Å². The number of hydrogen-bond acceptors (Lipinski definition) is 2. The van der Waals surface area contributed by atoms with E-state index in [2.05, 4.69) is 4.74 Å². The molecule has 0 aliphatic carbocycles. The Bertz CT molecular complexity index is 542. The fourth-order valence-corrected chi connectivity index (χ4v) is 1.78. The minimum absolute atomic E-state index is 0.326. The van der Waals surface area contributed by atoms with E-state index in [0.29, 0.717) is 18.2 Å². The van der Waals surface area contributed by atoms with Crippen molar-refractivity contribution in [1.29, 1.82) is 0 Å². The van der Waals surface area contributed by atoms with E-state index < -0.39 is 47.8 Å². The zero-order valence-electron chi connectivity index (χ0n) is 9.60. The number of alkyl halides is 5. The van der Waals surface area contributed by atoms with E-state index in [1.54, 1.807) is 5.32 Å². The molecule has 0 unspecified atom stereocenters. The summed E-state index contributed by atoms with van der Waals surface area (Å²) >= 11 is 0. The molecule has 2 rings (SSSR count). The quantitative estimate of drug-likeness (QED) is 0.808. The third-order valence-corrected chi connectivity index (χ3v) is 2.71. The summed E-state index contributed by atoms with van der Waals surface area (Å²) in [5.41, 5.74) is -2.04. The van der Waals surface area contributed by atoms with Gasteiger partial charge in [-0.2, -0.15) is 13.2 Å². The maximum absolute atomic E-state index is 13.5. The van der Waals surface area contributed by atoms with Crippen LogP contribution in [0.4, 0.5) is 31.1 Å². The van der Waals surface area contributed by atoms with Gasteiger partial charge in [-0.25, -0.2) is 18.0 Å². The molecule has 1 saturated heterocycles. The van der Waals surface area contributed by atoms with Crippen molar-refractivity contribution in [3.05, 3.63) is 35.1 Å². The number of amides is 1. The number of benzene rings is 1. The second-order valence-electron chi connectivity index (χ2n) is 4.15. The summed E-state index contributed by atoms with van der Waals surface area (Å²) in [6.07, 6.45) is -6.08. The fraction of sp³-hybridized carbons (Fsp3) is 0.364. The molecule has 1 fully saturated rings. The molecule has 1 amide bonds. The number of halogens is 6. The molecular weight excluding hydrogens is 292 g/mol. The third-order valence-electron chi connectivity index (χ3n) is 2.71. The van der Waals surface area contributed by atoms with Crippen LogP contribution in [0.15, 0.2) is 18.2 Å². The van der Waals surface area contributed by atoms with Crippen LogP contribution in [0.2, 0.25) is 0 Å². The Hall–Kier alpha value is -1.93. The van der Waals surface area contributed by atoms with Crippen LogP contribution in [0.5, 0.6) is 0 Å². The number of rotatable bonds is 1. The average molecular weight is 299 g/mol. The van der Waals surface area contributed by atoms with Crippen molar-refractivity contribution in [2.45, 2.75) is 18.1 Å². The van der Waals surface area contributed by atoms with E-state index in [4.69, 9.17) is 0 Å². The van der Waals surface area contributed by atoms with Gasteiger partial charge in [-0.1, -0.05) is 6.07 Å². The third kappa shape index (κ3) is 2.66. The van der Waals surface area contributed by atoms with E-state index in [1.807, 2.05) is 0 Å². The molecular formula is C11H7F6NO2. The van der Waals surface area contributed by atoms with Crippen molar-refractivity contribution in [3.63, 3.8) is 0 Å². The first-order valence-electron chi connectivity index (χ1n) is 5.29. The lowest BCUT2D eigenvalue weighted by Gasteiger charge is -2.31. The molecule has 0 aromatic heterocycles. The molecule has 1 aliphatic heterocycles. The van der Waals surface area contributed by atoms with E-state index >= 15 is 0 Å². The Morgan fingerprint density at radius 3 is 2.50 bits per heavy atom. The van der Waals surface area contributed by atoms with Crippen molar-refractivity contribution in [2.75, 3.05) is 6.61 Å². The highest BCUT2D eigenvalue weighted by Crippen LogP contribution is 2.37. The van der Waals surface area contributed by atoms with E-state index in [-0.39, 0.29) is 0 Å². The van der Waals surface area contributed by atoms with Gasteiger partial charge in [0.25, 0.3) is 0 Å². The fourth-order valence-electron chi connectivity index (χ4n) is 1.78. The molecule has 3 nitrogen and oxygen atoms in total. The van der Waals surface area contributed by atoms with Crippen LogP contribution < -0.4 is 5.32 Å². The standard InChI is InChI=1S/C11H7F6NO2/c12-7-3-5(1-2-6(7)11(15,16)17)8-10(13,14)4-20-9(19)18-8/h1-3,8H,4H2,(H,18,19)/t8-/m1/s1. The molecule has 20 heavy (non-hydrogen) atoms. The molecule has 1 N–H and O–H groups in total. The topological polar surface area (TPSA) is 38.3 Å². The van der Waals surface area contributed by atoms with Gasteiger partial charge in [0.15, 0.2) is 6.61 Å². The summed E-state index contributed by atoms with van der Waals surface area (Å²) in [5, 5.41) is 1.75. The summed E-state index contributed by atoms with van der Waals surface area (Å²) in [6, 6.07) is -0.577. The number of alkyl carbamates (subject to hydrolysis) is 1. The van der Waals surface area contributed by atoms with Crippen LogP contribution in [-0.2, 0) is 10.9 Å². The number of carbonyl (C=O) groups is 1. The van der Waals surface area contributed by atoms with Gasteiger partial charge in [0.1, 0.15) is 11.9 Å². The summed E-state index contributed by atoms with van der Waals surface area (Å²) < 4.78 is 81.5. The molecule has 9 heteroatoms. The molecule has 110 valence electrons. The number of cyclic esters (lactones) is 1. The molecule has 1 aromatic rings. The summed E-state index contributed by atoms with van der Waals surface area (Å²) in [6.45, 7) is -1.23. The molecule has 1 aliphatic rings. The zero-order valence-corrected chi connectivity index (χ0v) is 9.60. The highest BCUT2D eigenvalue weighted by atomic mass is 19.4. The largest absolute Gasteiger partial charge is 0.443 e. The Morgan fingerprint density at radius 1 is 1.30 bits per heavy atom. The first kappa shape index (κ1) is 14.5. The van der Waals surface area contributed by atoms with Crippen LogP contribution in [0.25, 0.3) is 0 Å². The van der Waals surface area contributed by atoms with Gasteiger partial charge in [-0.3, -0.25) is 0 Å². The molecule has 1 heterocycles. The van der Waals surface area contributed by atoms with Crippen LogP contribution >= 0.6 is 0 Å². The lowest BCUT2D eigenvalue weighted by atomic mass is 9.98. The normalized spacial score (nSPS) is 22.1. The van der Waals surface area contributed by atoms with Crippen molar-refractivity contribution in [2.24, 2.45) is 0 Å². The molecule has 0 saturated carbocycles. The van der Waals surface area contributed by atoms with Gasteiger partial charge in [0.2, 0.25) is 0 Å². The Balaban J connectivity index is 2.38. The maximum atomic E-state index is 13.5. The van der Waals surface area contributed by atoms with Gasteiger partial charge in [0.05, 0.1) is 5.56 Å². The van der Waals surface area contributed by atoms with E-state index in [0.717, 1.165) is 0 Å². The Morgan fingerprint density at radius 2 is 1.95 bits per heavy atom. The second kappa shape index (κ2) is 4.57. The zero-order chi connectivity index (χ0) is 15.1. The van der Waals surface area contributed by atoms with Crippen molar-refractivity contribution < 1.29 is 35.9 Å². The highest BCUT2D eigenvalue weighted by molar-refractivity contribution is 5.69. The number of hydrogen-bond donors (Lipinski definition) is 1. The maximum Gasteiger partial charge on any atom is 0.419 e. The highest BCUT2D eigenvalue weighted by Gasteiger charge is 2.47. The predicted octanol–water partition coefficient (Wildman–Crippen LogP) is 3.26. The molecule has 1 atom stereocenters. The van der Waals surface area contributed by atoms with E-state index in [1.165, 1.54) is 0 Å². The van der Waals surface area contributed by atoms with Crippen LogP contribution in [0, 0.1) is 5.82 Å². The van der Waals surface area contributed by atoms with Gasteiger partial charge < -0.3 is 10.1 Å². The summed E-state index contributed by atoms with van der Waals surface area (Å²) in [5.74, 6) is -5.24. The lowest BCUT2D eigenvalue weighted by molar-refractivity contribution is -0.140. The number of carbonyl (C=O) groups excluding carboxylic acids is 1. The first-order chi connectivity index (χ1) is 9.11. The minimum Gasteiger partial charge on any atom is -0.443 e. The van der Waals surface area contributed by atoms with Gasteiger partial charge in [-0.15, -0.1) is 0 Å². The summed E-state index contributed by atoms with van der Waals surface area (Å²) in [7, 11) is 0. The average Bonchev–Trinajstić information content (AvgIpc) is 2.30. The Labute approximate surface area is 108 Å². The monoisotopic (exact) mass is 299 g/mol. The predicted molar refractivity (Wildman–Crippen MR) is 53.6 cm³/mol. The minimum atomic E-state index is -4.93. The van der Waals surface area contributed by atoms with Crippen LogP contribution in [-0.4, -0.2) is 18.6 Å². The second-order valence-corrected chi connectivity index (χ2v) is 4.15. The molecule has 0 radical (unpaired) electrons. The molecule has 1 aromatic carbocycles. The van der Waals surface area contributed by atoms with Crippen LogP contribution in [0.1, 0.15) is 17.2 Å². The van der Waals surface area contributed by atoms with Gasteiger partial charge in [0, 0.05) is 0 Å². The SMILES string of the molecule is O=C1N[C@H](c2ccc(C(F)(F)F)c(F)c2)C(F)(F)CO1. The van der Waals surface area contributed by atoms with Crippen molar-refractivity contribution in [3.8, 4) is 0 Å². The van der Waals surface area contributed by atoms with Crippen molar-refractivity contribution >= 4 is 6.09 Å². The lowest BCUT2D eigenvalue weighted by Crippen LogP contribution is -2.49. The molecule has 0 spiro atoms. The van der Waals surface area contributed by atoms with Crippen LogP contribution in [0.3, 0.4) is 0 Å². The van der Waals surface area contributed by atoms with E-state index in [9.17, 15) is 31.1 Å². The Kier molecular flexibility index (Phi) is 3.31. The summed E-state index contributed by atoms with van der Waals surface area (Å²) in [4.78, 5) is 10.9. The van der Waals surface area contributed by atoms with Gasteiger partial charge in [-0.05, 0) is 17.7 Å². The number of ether oxygens (including phenoxy) is 1.